The Morgan fingerprint density at radius 3 is 2.81 bits per heavy atom. The highest BCUT2D eigenvalue weighted by Crippen LogP contribution is 2.62. The predicted molar refractivity (Wildman–Crippen MR) is 126 cm³/mol. The predicted octanol–water partition coefficient (Wildman–Crippen LogP) is 3.61. The molecular weight excluding hydrogens is 424 g/mol. The number of thiazole rings is 1. The van der Waals surface area contributed by atoms with E-state index >= 15 is 0 Å². The van der Waals surface area contributed by atoms with Crippen LogP contribution in [0.5, 0.6) is 0 Å². The molecule has 2 aromatic rings. The van der Waals surface area contributed by atoms with Crippen molar-refractivity contribution in [1.82, 2.24) is 15.3 Å². The maximum atomic E-state index is 12.9. The molecule has 174 valence electrons. The van der Waals surface area contributed by atoms with Crippen LogP contribution in [-0.4, -0.2) is 44.8 Å². The molecule has 0 radical (unpaired) electrons. The summed E-state index contributed by atoms with van der Waals surface area (Å²) in [4.78, 5) is 23.1. The Bertz CT molecular complexity index is 965. The van der Waals surface area contributed by atoms with E-state index in [0.717, 1.165) is 34.2 Å². The van der Waals surface area contributed by atoms with Crippen molar-refractivity contribution in [3.8, 4) is 0 Å². The molecule has 2 heterocycles. The second-order valence-electron chi connectivity index (χ2n) is 10.2. The van der Waals surface area contributed by atoms with E-state index in [4.69, 9.17) is 4.98 Å². The minimum atomic E-state index is -0.613. The van der Waals surface area contributed by atoms with Gasteiger partial charge in [-0.1, -0.05) is 13.8 Å². The van der Waals surface area contributed by atoms with E-state index in [1.54, 1.807) is 23.7 Å². The van der Waals surface area contributed by atoms with Gasteiger partial charge in [-0.05, 0) is 56.6 Å². The smallest absolute Gasteiger partial charge is 0.220 e. The second-order valence-corrected chi connectivity index (χ2v) is 11.2. The van der Waals surface area contributed by atoms with Crippen molar-refractivity contribution in [2.75, 3.05) is 11.9 Å². The van der Waals surface area contributed by atoms with Crippen molar-refractivity contribution in [3.63, 3.8) is 0 Å². The zero-order valence-electron chi connectivity index (χ0n) is 19.3. The van der Waals surface area contributed by atoms with Gasteiger partial charge in [0, 0.05) is 34.9 Å². The Labute approximate surface area is 193 Å². The van der Waals surface area contributed by atoms with E-state index in [9.17, 15) is 15.0 Å². The van der Waals surface area contributed by atoms with Crippen LogP contribution in [0, 0.1) is 16.7 Å². The van der Waals surface area contributed by atoms with Gasteiger partial charge in [0.2, 0.25) is 5.91 Å². The summed E-state index contributed by atoms with van der Waals surface area (Å²) < 4.78 is 0. The SMILES string of the molecule is CC(C)NC(=O)CC1c2nc(Nc3cccnc3)sc2CC2C(C)(CO)C(O)CCC12C. The van der Waals surface area contributed by atoms with Crippen LogP contribution in [0.15, 0.2) is 24.5 Å². The zero-order chi connectivity index (χ0) is 23.1. The molecule has 0 aliphatic heterocycles. The third-order valence-corrected chi connectivity index (χ3v) is 8.65. The van der Waals surface area contributed by atoms with Gasteiger partial charge in [-0.3, -0.25) is 9.78 Å². The average molecular weight is 459 g/mol. The summed E-state index contributed by atoms with van der Waals surface area (Å²) in [6.45, 7) is 8.07. The van der Waals surface area contributed by atoms with Gasteiger partial charge in [-0.25, -0.2) is 4.98 Å². The number of hydrogen-bond donors (Lipinski definition) is 4. The molecule has 5 unspecified atom stereocenters. The Morgan fingerprint density at radius 2 is 2.16 bits per heavy atom. The van der Waals surface area contributed by atoms with E-state index in [2.05, 4.69) is 22.5 Å². The standard InChI is InChI=1S/C24H34N4O3S/c1-14(2)26-20(31)10-16-21-17(32-22(28-21)27-15-6-5-9-25-12-15)11-18-23(16,3)8-7-19(30)24(18,4)13-29/h5-6,9,12,14,16,18-19,29-30H,7-8,10-11,13H2,1-4H3,(H,26,31)(H,27,28). The number of nitrogens with zero attached hydrogens (tertiary/aromatic N) is 2. The number of aliphatic hydroxyl groups excluding tert-OH is 2. The van der Waals surface area contributed by atoms with Gasteiger partial charge >= 0.3 is 0 Å². The van der Waals surface area contributed by atoms with E-state index in [1.165, 1.54) is 0 Å². The Balaban J connectivity index is 1.74. The first-order valence-corrected chi connectivity index (χ1v) is 12.2. The molecule has 1 amide bonds. The third kappa shape index (κ3) is 4.04. The molecule has 32 heavy (non-hydrogen) atoms. The normalized spacial score (nSPS) is 31.7. The topological polar surface area (TPSA) is 107 Å². The molecule has 0 aromatic carbocycles. The van der Waals surface area contributed by atoms with E-state index < -0.39 is 11.5 Å². The molecule has 2 aromatic heterocycles. The highest BCUT2D eigenvalue weighted by atomic mass is 32.1. The average Bonchev–Trinajstić information content (AvgIpc) is 3.15. The fourth-order valence-corrected chi connectivity index (χ4v) is 6.91. The molecule has 7 nitrogen and oxygen atoms in total. The van der Waals surface area contributed by atoms with Crippen LogP contribution in [-0.2, 0) is 11.2 Å². The number of nitrogens with one attached hydrogen (secondary N) is 2. The fraction of sp³-hybridized carbons (Fsp3) is 0.625. The largest absolute Gasteiger partial charge is 0.396 e. The van der Waals surface area contributed by atoms with Crippen LogP contribution in [0.25, 0.3) is 0 Å². The lowest BCUT2D eigenvalue weighted by atomic mass is 9.47. The van der Waals surface area contributed by atoms with Crippen molar-refractivity contribution < 1.29 is 15.0 Å². The summed E-state index contributed by atoms with van der Waals surface area (Å²) >= 11 is 1.60. The first-order valence-electron chi connectivity index (χ1n) is 11.4. The van der Waals surface area contributed by atoms with Crippen molar-refractivity contribution >= 4 is 28.1 Å². The Kier molecular flexibility index (Phi) is 6.31. The van der Waals surface area contributed by atoms with Gasteiger partial charge in [0.05, 0.1) is 30.3 Å². The molecule has 4 rings (SSSR count). The number of aromatic nitrogens is 2. The van der Waals surface area contributed by atoms with E-state index in [1.807, 2.05) is 32.9 Å². The van der Waals surface area contributed by atoms with Crippen LogP contribution in [0.4, 0.5) is 10.8 Å². The van der Waals surface area contributed by atoms with Crippen LogP contribution in [0.2, 0.25) is 0 Å². The number of amides is 1. The number of pyridine rings is 1. The molecule has 8 heteroatoms. The molecule has 1 fully saturated rings. The van der Waals surface area contributed by atoms with Gasteiger partial charge in [0.15, 0.2) is 5.13 Å². The van der Waals surface area contributed by atoms with Crippen LogP contribution in [0.3, 0.4) is 0 Å². The summed E-state index contributed by atoms with van der Waals surface area (Å²) in [5.41, 5.74) is 0.999. The molecule has 0 saturated heterocycles. The van der Waals surface area contributed by atoms with Crippen LogP contribution < -0.4 is 10.6 Å². The maximum absolute atomic E-state index is 12.9. The van der Waals surface area contributed by atoms with E-state index in [-0.39, 0.29) is 35.8 Å². The highest BCUT2D eigenvalue weighted by molar-refractivity contribution is 7.15. The number of carbonyl (C=O) groups is 1. The quantitative estimate of drug-likeness (QED) is 0.527. The maximum Gasteiger partial charge on any atom is 0.220 e. The number of rotatable bonds is 6. The monoisotopic (exact) mass is 458 g/mol. The summed E-state index contributed by atoms with van der Waals surface area (Å²) in [6, 6.07) is 3.89. The Hall–Kier alpha value is -2.03. The summed E-state index contributed by atoms with van der Waals surface area (Å²) in [7, 11) is 0. The molecule has 2 aliphatic carbocycles. The molecule has 4 N–H and O–H groups in total. The number of carbonyl (C=O) groups excluding carboxylic acids is 1. The van der Waals surface area contributed by atoms with Gasteiger partial charge in [-0.2, -0.15) is 0 Å². The van der Waals surface area contributed by atoms with Gasteiger partial charge in [-0.15, -0.1) is 11.3 Å². The molecule has 5 atom stereocenters. The van der Waals surface area contributed by atoms with E-state index in [0.29, 0.717) is 12.8 Å². The van der Waals surface area contributed by atoms with Crippen molar-refractivity contribution in [2.24, 2.45) is 16.7 Å². The van der Waals surface area contributed by atoms with Gasteiger partial charge in [0.1, 0.15) is 0 Å². The third-order valence-electron chi connectivity index (χ3n) is 7.65. The van der Waals surface area contributed by atoms with Crippen molar-refractivity contribution in [1.29, 1.82) is 0 Å². The number of anilines is 2. The molecule has 2 aliphatic rings. The van der Waals surface area contributed by atoms with Crippen molar-refractivity contribution in [2.45, 2.75) is 71.4 Å². The molecule has 0 bridgehead atoms. The Morgan fingerprint density at radius 1 is 1.38 bits per heavy atom. The number of aliphatic hydroxyl groups is 2. The van der Waals surface area contributed by atoms with Gasteiger partial charge < -0.3 is 20.8 Å². The lowest BCUT2D eigenvalue weighted by Crippen LogP contribution is -2.57. The molecule has 0 spiro atoms. The lowest BCUT2D eigenvalue weighted by molar-refractivity contribution is -0.144. The minimum Gasteiger partial charge on any atom is -0.396 e. The highest BCUT2D eigenvalue weighted by Gasteiger charge is 2.59. The van der Waals surface area contributed by atoms with Gasteiger partial charge in [0.25, 0.3) is 0 Å². The fourth-order valence-electron chi connectivity index (χ4n) is 5.83. The first-order chi connectivity index (χ1) is 15.2. The van der Waals surface area contributed by atoms with Crippen molar-refractivity contribution in [3.05, 3.63) is 35.1 Å². The van der Waals surface area contributed by atoms with Crippen LogP contribution in [0.1, 0.15) is 63.4 Å². The van der Waals surface area contributed by atoms with Crippen LogP contribution >= 0.6 is 11.3 Å². The zero-order valence-corrected chi connectivity index (χ0v) is 20.1. The molecule has 1 saturated carbocycles. The number of hydrogen-bond acceptors (Lipinski definition) is 7. The first kappa shape index (κ1) is 23.1. The number of fused-ring (bicyclic) bond motifs is 2. The molecular formula is C24H34N4O3S. The second kappa shape index (κ2) is 8.72. The summed E-state index contributed by atoms with van der Waals surface area (Å²) in [5, 5.41) is 28.4. The summed E-state index contributed by atoms with van der Waals surface area (Å²) in [5.74, 6) is -0.00159. The lowest BCUT2D eigenvalue weighted by Gasteiger charge is -2.58. The minimum absolute atomic E-state index is 0.0180. The summed E-state index contributed by atoms with van der Waals surface area (Å²) in [6.07, 6.45) is 5.45.